The van der Waals surface area contributed by atoms with Gasteiger partial charge in [-0.3, -0.25) is 5.41 Å². The molecule has 2 aromatic rings. The van der Waals surface area contributed by atoms with Crippen molar-refractivity contribution < 1.29 is 0 Å². The highest BCUT2D eigenvalue weighted by atomic mass is 32.1. The van der Waals surface area contributed by atoms with E-state index >= 15 is 0 Å². The molecule has 0 saturated heterocycles. The zero-order chi connectivity index (χ0) is 20.0. The predicted octanol–water partition coefficient (Wildman–Crippen LogP) is 3.69. The van der Waals surface area contributed by atoms with E-state index in [4.69, 9.17) is 34.2 Å². The number of nitrogens with zero attached hydrogens (tertiary/aromatic N) is 1. The van der Waals surface area contributed by atoms with Gasteiger partial charge in [0.2, 0.25) is 0 Å². The third-order valence-electron chi connectivity index (χ3n) is 4.23. The van der Waals surface area contributed by atoms with Crippen LogP contribution in [-0.4, -0.2) is 42.0 Å². The van der Waals surface area contributed by atoms with E-state index in [0.717, 1.165) is 17.7 Å². The van der Waals surface area contributed by atoms with Crippen molar-refractivity contribution in [3.05, 3.63) is 64.7 Å². The molecule has 0 spiro atoms. The maximum absolute atomic E-state index is 8.44. The minimum atomic E-state index is -0.302. The first-order valence-electron chi connectivity index (χ1n) is 8.60. The van der Waals surface area contributed by atoms with E-state index in [2.05, 4.69) is 17.0 Å². The van der Waals surface area contributed by atoms with E-state index in [1.54, 1.807) is 18.2 Å². The number of hydrogen-bond donors (Lipinski definition) is 4. The van der Waals surface area contributed by atoms with Gasteiger partial charge in [-0.1, -0.05) is 42.5 Å². The van der Waals surface area contributed by atoms with Gasteiger partial charge in [0.15, 0.2) is 0 Å². The fourth-order valence-corrected chi connectivity index (χ4v) is 3.11. The summed E-state index contributed by atoms with van der Waals surface area (Å²) in [5, 5.41) is 25.8. The second kappa shape index (κ2) is 9.30. The Bertz CT molecular complexity index is 865. The van der Waals surface area contributed by atoms with Crippen LogP contribution in [0.3, 0.4) is 0 Å². The molecule has 27 heavy (non-hydrogen) atoms. The summed E-state index contributed by atoms with van der Waals surface area (Å²) in [7, 11) is 4.03. The third-order valence-corrected chi connectivity index (χ3v) is 4.52. The van der Waals surface area contributed by atoms with Crippen molar-refractivity contribution in [3.8, 4) is 0 Å². The van der Waals surface area contributed by atoms with Crippen LogP contribution in [-0.2, 0) is 13.0 Å². The zero-order valence-corrected chi connectivity index (χ0v) is 16.4. The molecule has 5 N–H and O–H groups in total. The fourth-order valence-electron chi connectivity index (χ4n) is 2.87. The van der Waals surface area contributed by atoms with E-state index in [0.29, 0.717) is 17.7 Å². The summed E-state index contributed by atoms with van der Waals surface area (Å²) in [5.74, 6) is -0.302. The number of nitrogens with two attached hydrogens (primary N) is 1. The first-order chi connectivity index (χ1) is 12.8. The molecule has 0 fully saturated rings. The topological polar surface area (TPSA) is 101 Å². The van der Waals surface area contributed by atoms with Crippen LogP contribution in [0.25, 0.3) is 0 Å². The number of thiocarbonyl (C=S) groups is 1. The molecule has 6 heteroatoms. The Hall–Kier alpha value is -2.70. The van der Waals surface area contributed by atoms with Crippen LogP contribution >= 0.6 is 12.2 Å². The van der Waals surface area contributed by atoms with Crippen molar-refractivity contribution in [2.24, 2.45) is 0 Å². The van der Waals surface area contributed by atoms with Crippen LogP contribution in [0.2, 0.25) is 0 Å². The van der Waals surface area contributed by atoms with Crippen molar-refractivity contribution in [2.75, 3.05) is 19.8 Å². The fraction of sp³-hybridized carbons (Fsp3) is 0.238. The number of rotatable bonds is 9. The minimum absolute atomic E-state index is 0.0976. The zero-order valence-electron chi connectivity index (χ0n) is 15.6. The summed E-state index contributed by atoms with van der Waals surface area (Å²) in [5.41, 5.74) is 10.3. The molecular weight excluding hydrogens is 354 g/mol. The summed E-state index contributed by atoms with van der Waals surface area (Å²) in [6.45, 7) is 0.830. The Morgan fingerprint density at radius 2 is 1.85 bits per heavy atom. The molecule has 0 bridgehead atoms. The average molecular weight is 380 g/mol. The molecule has 0 aliphatic rings. The van der Waals surface area contributed by atoms with Crippen LogP contribution in [0.1, 0.15) is 28.2 Å². The lowest BCUT2D eigenvalue weighted by atomic mass is 9.93. The molecule has 1 atom stereocenters. The minimum Gasteiger partial charge on any atom is -0.398 e. The maximum atomic E-state index is 8.44. The van der Waals surface area contributed by atoms with Gasteiger partial charge in [0.1, 0.15) is 0 Å². The molecule has 0 saturated carbocycles. The first kappa shape index (κ1) is 20.6. The standard InChI is InChI=1S/C21H25N5S/c1-26(2)12-15-5-3-4-14(8-15)9-20(24)21(25)18-10-16(6-7-19(18)23)17(11-22)13-27/h3-8,10-11,13,17,22,24-25H,9,12,23H2,1-2H3. The van der Waals surface area contributed by atoms with Crippen LogP contribution in [0, 0.1) is 16.2 Å². The van der Waals surface area contributed by atoms with Gasteiger partial charge in [-0.2, -0.15) is 0 Å². The van der Waals surface area contributed by atoms with E-state index in [1.807, 2.05) is 26.2 Å². The van der Waals surface area contributed by atoms with Crippen molar-refractivity contribution in [2.45, 2.75) is 18.9 Å². The van der Waals surface area contributed by atoms with Gasteiger partial charge < -0.3 is 21.5 Å². The second-order valence-electron chi connectivity index (χ2n) is 6.76. The Balaban J connectivity index is 2.22. The highest BCUT2D eigenvalue weighted by molar-refractivity contribution is 7.79. The molecule has 0 aliphatic carbocycles. The second-order valence-corrected chi connectivity index (χ2v) is 7.04. The van der Waals surface area contributed by atoms with E-state index in [1.165, 1.54) is 17.1 Å². The van der Waals surface area contributed by atoms with Gasteiger partial charge in [-0.25, -0.2) is 0 Å². The maximum Gasteiger partial charge on any atom is 0.0844 e. The Morgan fingerprint density at radius 1 is 1.15 bits per heavy atom. The summed E-state index contributed by atoms with van der Waals surface area (Å²) in [6.07, 6.45) is 1.62. The molecule has 2 aromatic carbocycles. The van der Waals surface area contributed by atoms with Crippen LogP contribution in [0.5, 0.6) is 0 Å². The smallest absolute Gasteiger partial charge is 0.0844 e. The van der Waals surface area contributed by atoms with Crippen molar-refractivity contribution in [3.63, 3.8) is 0 Å². The van der Waals surface area contributed by atoms with Crippen LogP contribution in [0.4, 0.5) is 5.69 Å². The molecule has 5 nitrogen and oxygen atoms in total. The van der Waals surface area contributed by atoms with Crippen molar-refractivity contribution >= 4 is 40.9 Å². The molecule has 140 valence electrons. The number of benzene rings is 2. The highest BCUT2D eigenvalue weighted by Crippen LogP contribution is 2.21. The molecule has 0 aliphatic heterocycles. The average Bonchev–Trinajstić information content (AvgIpc) is 2.63. The third kappa shape index (κ3) is 5.39. The quantitative estimate of drug-likeness (QED) is 0.304. The van der Waals surface area contributed by atoms with Crippen LogP contribution < -0.4 is 5.73 Å². The number of anilines is 1. The lowest BCUT2D eigenvalue weighted by Crippen LogP contribution is -2.18. The van der Waals surface area contributed by atoms with E-state index in [-0.39, 0.29) is 17.3 Å². The van der Waals surface area contributed by atoms with Gasteiger partial charge >= 0.3 is 0 Å². The summed E-state index contributed by atoms with van der Waals surface area (Å²) >= 11 is 4.97. The van der Waals surface area contributed by atoms with Gasteiger partial charge in [0.05, 0.1) is 11.4 Å². The van der Waals surface area contributed by atoms with Gasteiger partial charge in [0, 0.05) is 36.3 Å². The molecule has 0 amide bonds. The lowest BCUT2D eigenvalue weighted by Gasteiger charge is -2.14. The van der Waals surface area contributed by atoms with Gasteiger partial charge in [0.25, 0.3) is 0 Å². The molecule has 1 unspecified atom stereocenters. The number of nitrogens with one attached hydrogen (secondary N) is 3. The Labute approximate surface area is 165 Å². The van der Waals surface area contributed by atoms with Crippen LogP contribution in [0.15, 0.2) is 42.5 Å². The Morgan fingerprint density at radius 3 is 2.48 bits per heavy atom. The van der Waals surface area contributed by atoms with Gasteiger partial charge in [-0.05, 0) is 48.3 Å². The molecule has 0 aromatic heterocycles. The summed E-state index contributed by atoms with van der Waals surface area (Å²) in [6, 6.07) is 13.3. The van der Waals surface area contributed by atoms with Crippen molar-refractivity contribution in [1.29, 1.82) is 16.2 Å². The SMILES string of the molecule is CN(C)Cc1cccc(CC(=N)C(=N)c2cc(C(C=N)C=S)ccc2N)c1. The highest BCUT2D eigenvalue weighted by Gasteiger charge is 2.15. The van der Waals surface area contributed by atoms with Gasteiger partial charge in [-0.15, -0.1) is 0 Å². The lowest BCUT2D eigenvalue weighted by molar-refractivity contribution is 0.402. The number of nitrogen functional groups attached to an aromatic ring is 1. The normalized spacial score (nSPS) is 11.8. The van der Waals surface area contributed by atoms with Crippen molar-refractivity contribution in [1.82, 2.24) is 4.90 Å². The molecular formula is C21H25N5S. The number of hydrogen-bond acceptors (Lipinski definition) is 6. The molecule has 0 heterocycles. The monoisotopic (exact) mass is 379 g/mol. The van der Waals surface area contributed by atoms with E-state index in [9.17, 15) is 0 Å². The van der Waals surface area contributed by atoms with E-state index < -0.39 is 0 Å². The summed E-state index contributed by atoms with van der Waals surface area (Å²) < 4.78 is 0. The summed E-state index contributed by atoms with van der Waals surface area (Å²) in [4.78, 5) is 2.09. The first-order valence-corrected chi connectivity index (χ1v) is 9.07. The Kier molecular flexibility index (Phi) is 7.10. The largest absolute Gasteiger partial charge is 0.398 e. The molecule has 2 rings (SSSR count). The molecule has 0 radical (unpaired) electrons. The predicted molar refractivity (Wildman–Crippen MR) is 118 cm³/mol.